The fourth-order valence-electron chi connectivity index (χ4n) is 5.93. The smallest absolute Gasteiger partial charge is 0.233 e. The number of likely N-dealkylation sites (tertiary alicyclic amines) is 1. The van der Waals surface area contributed by atoms with Gasteiger partial charge in [-0.25, -0.2) is 0 Å². The average molecular weight is 427 g/mol. The number of carbonyl (C=O) groups is 1. The van der Waals surface area contributed by atoms with Gasteiger partial charge < -0.3 is 9.42 Å². The molecule has 1 saturated carbocycles. The van der Waals surface area contributed by atoms with E-state index in [1.54, 1.807) is 0 Å². The standard InChI is InChI=1S/C25H31ClN2O2/c26-20-10-8-19(9-11-20)25(14-4-5-15-25)24(29)28-16-12-18(13-17-28)23-21-6-2-1-3-7-22(21)27-30-23/h8-11,18H,1-7,12-17H2. The zero-order valence-electron chi connectivity index (χ0n) is 17.7. The van der Waals surface area contributed by atoms with Gasteiger partial charge in [0.25, 0.3) is 0 Å². The number of hydrogen-bond acceptors (Lipinski definition) is 3. The van der Waals surface area contributed by atoms with Gasteiger partial charge in [-0.2, -0.15) is 0 Å². The number of aromatic nitrogens is 1. The SMILES string of the molecule is O=C(N1CCC(c2onc3c2CCCCC3)CC1)C1(c2ccc(Cl)cc2)CCCC1. The van der Waals surface area contributed by atoms with E-state index in [1.807, 2.05) is 12.1 Å². The fraction of sp³-hybridized carbons (Fsp3) is 0.600. The second-order valence-electron chi connectivity index (χ2n) is 9.40. The van der Waals surface area contributed by atoms with Crippen molar-refractivity contribution in [1.29, 1.82) is 0 Å². The Morgan fingerprint density at radius 1 is 1.00 bits per heavy atom. The minimum atomic E-state index is -0.360. The predicted molar refractivity (Wildman–Crippen MR) is 118 cm³/mol. The summed E-state index contributed by atoms with van der Waals surface area (Å²) in [7, 11) is 0. The Balaban J connectivity index is 1.31. The van der Waals surface area contributed by atoms with E-state index in [4.69, 9.17) is 16.1 Å². The van der Waals surface area contributed by atoms with Gasteiger partial charge in [-0.15, -0.1) is 0 Å². The first kappa shape index (κ1) is 20.1. The summed E-state index contributed by atoms with van der Waals surface area (Å²) >= 11 is 6.11. The van der Waals surface area contributed by atoms with Crippen molar-refractivity contribution in [3.8, 4) is 0 Å². The number of carbonyl (C=O) groups excluding carboxylic acids is 1. The molecular formula is C25H31ClN2O2. The fourth-order valence-corrected chi connectivity index (χ4v) is 6.06. The number of benzene rings is 1. The molecule has 2 fully saturated rings. The second kappa shape index (κ2) is 8.37. The molecule has 1 saturated heterocycles. The molecule has 30 heavy (non-hydrogen) atoms. The van der Waals surface area contributed by atoms with Gasteiger partial charge in [0.05, 0.1) is 11.1 Å². The van der Waals surface area contributed by atoms with Crippen molar-refractivity contribution in [3.63, 3.8) is 0 Å². The lowest BCUT2D eigenvalue weighted by Crippen LogP contribution is -2.48. The molecule has 160 valence electrons. The van der Waals surface area contributed by atoms with E-state index in [-0.39, 0.29) is 5.41 Å². The van der Waals surface area contributed by atoms with Crippen molar-refractivity contribution in [1.82, 2.24) is 10.1 Å². The Bertz CT molecular complexity index is 890. The highest BCUT2D eigenvalue weighted by atomic mass is 35.5. The van der Waals surface area contributed by atoms with Crippen molar-refractivity contribution in [3.05, 3.63) is 51.9 Å². The van der Waals surface area contributed by atoms with E-state index in [2.05, 4.69) is 22.2 Å². The van der Waals surface area contributed by atoms with Crippen molar-refractivity contribution in [2.45, 2.75) is 82.0 Å². The van der Waals surface area contributed by atoms with Gasteiger partial charge in [0.1, 0.15) is 5.76 Å². The molecule has 1 aromatic carbocycles. The molecule has 2 aliphatic carbocycles. The monoisotopic (exact) mass is 426 g/mol. The van der Waals surface area contributed by atoms with Gasteiger partial charge in [-0.1, -0.05) is 48.2 Å². The van der Waals surface area contributed by atoms with E-state index >= 15 is 0 Å². The highest BCUT2D eigenvalue weighted by Crippen LogP contribution is 2.44. The molecule has 0 radical (unpaired) electrons. The van der Waals surface area contributed by atoms with Crippen LogP contribution in [0.2, 0.25) is 5.02 Å². The van der Waals surface area contributed by atoms with Crippen molar-refractivity contribution in [2.75, 3.05) is 13.1 Å². The van der Waals surface area contributed by atoms with Crippen molar-refractivity contribution >= 4 is 17.5 Å². The number of fused-ring (bicyclic) bond motifs is 1. The summed E-state index contributed by atoms with van der Waals surface area (Å²) < 4.78 is 5.84. The third-order valence-electron chi connectivity index (χ3n) is 7.66. The average Bonchev–Trinajstić information content (AvgIpc) is 3.37. The largest absolute Gasteiger partial charge is 0.361 e. The van der Waals surface area contributed by atoms with Gasteiger partial charge >= 0.3 is 0 Å². The third-order valence-corrected chi connectivity index (χ3v) is 7.91. The molecule has 2 heterocycles. The molecular weight excluding hydrogens is 396 g/mol. The molecule has 0 N–H and O–H groups in total. The van der Waals surface area contributed by atoms with Crippen LogP contribution in [0.15, 0.2) is 28.8 Å². The Hall–Kier alpha value is -1.81. The van der Waals surface area contributed by atoms with E-state index in [0.717, 1.165) is 80.8 Å². The second-order valence-corrected chi connectivity index (χ2v) is 9.83. The summed E-state index contributed by atoms with van der Waals surface area (Å²) in [6, 6.07) is 7.96. The first-order valence-corrected chi connectivity index (χ1v) is 12.1. The lowest BCUT2D eigenvalue weighted by Gasteiger charge is -2.38. The zero-order valence-corrected chi connectivity index (χ0v) is 18.4. The lowest BCUT2D eigenvalue weighted by atomic mass is 9.77. The summed E-state index contributed by atoms with van der Waals surface area (Å²) in [4.78, 5) is 15.9. The maximum absolute atomic E-state index is 13.7. The van der Waals surface area contributed by atoms with E-state index < -0.39 is 0 Å². The molecule has 0 unspecified atom stereocenters. The minimum Gasteiger partial charge on any atom is -0.361 e. The molecule has 1 amide bonds. The first-order valence-electron chi connectivity index (χ1n) is 11.7. The van der Waals surface area contributed by atoms with Gasteiger partial charge in [0, 0.05) is 29.6 Å². The quantitative estimate of drug-likeness (QED) is 0.581. The van der Waals surface area contributed by atoms with Crippen LogP contribution in [0.3, 0.4) is 0 Å². The number of rotatable bonds is 3. The van der Waals surface area contributed by atoms with Gasteiger partial charge in [-0.3, -0.25) is 4.79 Å². The van der Waals surface area contributed by atoms with E-state index in [0.29, 0.717) is 11.8 Å². The maximum atomic E-state index is 13.7. The molecule has 0 spiro atoms. The van der Waals surface area contributed by atoms with Crippen molar-refractivity contribution in [2.24, 2.45) is 0 Å². The van der Waals surface area contributed by atoms with Crippen molar-refractivity contribution < 1.29 is 9.32 Å². The topological polar surface area (TPSA) is 46.3 Å². The summed E-state index contributed by atoms with van der Waals surface area (Å²) in [6.07, 6.45) is 12.0. The molecule has 2 aromatic rings. The molecule has 5 rings (SSSR count). The molecule has 1 aliphatic heterocycles. The highest BCUT2D eigenvalue weighted by molar-refractivity contribution is 6.30. The summed E-state index contributed by atoms with van der Waals surface area (Å²) in [6.45, 7) is 1.63. The number of hydrogen-bond donors (Lipinski definition) is 0. The van der Waals surface area contributed by atoms with Crippen LogP contribution in [-0.2, 0) is 23.1 Å². The van der Waals surface area contributed by atoms with Crippen LogP contribution in [0.25, 0.3) is 0 Å². The predicted octanol–water partition coefficient (Wildman–Crippen LogP) is 5.81. The molecule has 0 atom stereocenters. The third kappa shape index (κ3) is 3.57. The van der Waals surface area contributed by atoms with E-state index in [1.165, 1.54) is 30.5 Å². The maximum Gasteiger partial charge on any atom is 0.233 e. The highest BCUT2D eigenvalue weighted by Gasteiger charge is 2.45. The Morgan fingerprint density at radius 3 is 2.43 bits per heavy atom. The summed E-state index contributed by atoms with van der Waals surface area (Å²) in [5, 5.41) is 5.13. The summed E-state index contributed by atoms with van der Waals surface area (Å²) in [5.74, 6) is 1.84. The Kier molecular flexibility index (Phi) is 5.61. The van der Waals surface area contributed by atoms with Crippen LogP contribution in [0.4, 0.5) is 0 Å². The number of amides is 1. The molecule has 1 aromatic heterocycles. The minimum absolute atomic E-state index is 0.317. The number of halogens is 1. The molecule has 4 nitrogen and oxygen atoms in total. The first-order chi connectivity index (χ1) is 14.7. The van der Waals surface area contributed by atoms with Crippen LogP contribution in [0, 0.1) is 0 Å². The zero-order chi connectivity index (χ0) is 20.6. The Morgan fingerprint density at radius 2 is 1.70 bits per heavy atom. The van der Waals surface area contributed by atoms with Crippen LogP contribution < -0.4 is 0 Å². The molecule has 0 bridgehead atoms. The molecule has 5 heteroatoms. The number of piperidine rings is 1. The van der Waals surface area contributed by atoms with Crippen LogP contribution in [0.5, 0.6) is 0 Å². The normalized spacial score (nSPS) is 22.0. The number of nitrogens with zero attached hydrogens (tertiary/aromatic N) is 2. The van der Waals surface area contributed by atoms with Crippen LogP contribution in [-0.4, -0.2) is 29.1 Å². The lowest BCUT2D eigenvalue weighted by molar-refractivity contribution is -0.138. The summed E-state index contributed by atoms with van der Waals surface area (Å²) in [5.41, 5.74) is 3.34. The van der Waals surface area contributed by atoms with Gasteiger partial charge in [-0.05, 0) is 69.1 Å². The van der Waals surface area contributed by atoms with E-state index in [9.17, 15) is 4.79 Å². The number of aryl methyl sites for hydroxylation is 1. The Labute approximate surface area is 184 Å². The molecule has 3 aliphatic rings. The van der Waals surface area contributed by atoms with Gasteiger partial charge in [0.15, 0.2) is 0 Å². The van der Waals surface area contributed by atoms with Crippen LogP contribution >= 0.6 is 11.6 Å². The van der Waals surface area contributed by atoms with Crippen LogP contribution in [0.1, 0.15) is 86.3 Å². The van der Waals surface area contributed by atoms with Gasteiger partial charge in [0.2, 0.25) is 5.91 Å².